The first-order valence-electron chi connectivity index (χ1n) is 7.01. The van der Waals surface area contributed by atoms with Crippen LogP contribution in [-0.4, -0.2) is 38.5 Å². The van der Waals surface area contributed by atoms with Gasteiger partial charge in [-0.25, -0.2) is 0 Å². The molecule has 0 atom stereocenters. The quantitative estimate of drug-likeness (QED) is 0.333. The van der Waals surface area contributed by atoms with Gasteiger partial charge < -0.3 is 4.74 Å². The van der Waals surface area contributed by atoms with Gasteiger partial charge in [0.25, 0.3) is 0 Å². The number of rotatable bonds is 1. The van der Waals surface area contributed by atoms with E-state index in [-0.39, 0.29) is 0 Å². The molecular weight excluding hydrogens is 239 g/mol. The van der Waals surface area contributed by atoms with Gasteiger partial charge >= 0.3 is 0 Å². The van der Waals surface area contributed by atoms with E-state index in [1.165, 1.54) is 43.4 Å². The first kappa shape index (κ1) is 13.2. The van der Waals surface area contributed by atoms with Gasteiger partial charge in [-0.2, -0.15) is 0 Å². The van der Waals surface area contributed by atoms with Crippen LogP contribution < -0.4 is 26.6 Å². The van der Waals surface area contributed by atoms with Crippen LogP contribution in [0.4, 0.5) is 0 Å². The SMILES string of the molecule is Bc1c(B)c(B)c2c(ccc3ccc(OC)cc32)c1B. The van der Waals surface area contributed by atoms with Gasteiger partial charge in [0.15, 0.2) is 0 Å². The Labute approximate surface area is 123 Å². The zero-order valence-corrected chi connectivity index (χ0v) is 12.8. The van der Waals surface area contributed by atoms with Crippen molar-refractivity contribution in [3.05, 3.63) is 30.3 Å². The maximum Gasteiger partial charge on any atom is 0.139 e. The second-order valence-corrected chi connectivity index (χ2v) is 5.58. The number of benzene rings is 3. The summed E-state index contributed by atoms with van der Waals surface area (Å²) in [7, 11) is 10.6. The lowest BCUT2D eigenvalue weighted by atomic mass is 9.64. The summed E-state index contributed by atoms with van der Waals surface area (Å²) in [6.07, 6.45) is 0. The second-order valence-electron chi connectivity index (χ2n) is 5.58. The molecule has 0 bridgehead atoms. The van der Waals surface area contributed by atoms with Crippen molar-refractivity contribution in [3.8, 4) is 5.75 Å². The van der Waals surface area contributed by atoms with Gasteiger partial charge in [-0.05, 0) is 33.7 Å². The molecule has 0 unspecified atom stereocenters. The van der Waals surface area contributed by atoms with E-state index in [4.69, 9.17) is 4.74 Å². The number of hydrogen-bond donors (Lipinski definition) is 0. The van der Waals surface area contributed by atoms with Crippen molar-refractivity contribution in [2.45, 2.75) is 0 Å². The number of ether oxygens (including phenoxy) is 1. The molecule has 1 nitrogen and oxygen atoms in total. The molecular formula is C15H16B4O. The highest BCUT2D eigenvalue weighted by Gasteiger charge is 2.11. The van der Waals surface area contributed by atoms with Crippen molar-refractivity contribution in [2.75, 3.05) is 7.11 Å². The number of methoxy groups -OCH3 is 1. The third kappa shape index (κ3) is 1.76. The van der Waals surface area contributed by atoms with E-state index in [1.807, 2.05) is 6.07 Å². The second kappa shape index (κ2) is 4.66. The molecule has 20 heavy (non-hydrogen) atoms. The van der Waals surface area contributed by atoms with Crippen molar-refractivity contribution in [1.29, 1.82) is 0 Å². The third-order valence-corrected chi connectivity index (χ3v) is 4.70. The summed E-state index contributed by atoms with van der Waals surface area (Å²) < 4.78 is 5.40. The molecule has 3 rings (SSSR count). The Morgan fingerprint density at radius 1 is 0.750 bits per heavy atom. The summed E-state index contributed by atoms with van der Waals surface area (Å²) >= 11 is 0. The van der Waals surface area contributed by atoms with Crippen molar-refractivity contribution >= 4 is 74.8 Å². The predicted molar refractivity (Wildman–Crippen MR) is 101 cm³/mol. The zero-order chi connectivity index (χ0) is 14.4. The van der Waals surface area contributed by atoms with Crippen LogP contribution in [0.15, 0.2) is 30.3 Å². The molecule has 5 heteroatoms. The molecule has 94 valence electrons. The molecule has 0 spiro atoms. The van der Waals surface area contributed by atoms with E-state index in [0.29, 0.717) is 0 Å². The molecule has 3 aromatic carbocycles. The van der Waals surface area contributed by atoms with Gasteiger partial charge in [0.2, 0.25) is 0 Å². The molecule has 0 aliphatic rings. The van der Waals surface area contributed by atoms with Gasteiger partial charge in [0.05, 0.1) is 7.11 Å². The Morgan fingerprint density at radius 2 is 1.40 bits per heavy atom. The van der Waals surface area contributed by atoms with Crippen LogP contribution in [0.1, 0.15) is 0 Å². The molecule has 0 fully saturated rings. The molecule has 3 aromatic rings. The van der Waals surface area contributed by atoms with Crippen LogP contribution in [0.25, 0.3) is 21.5 Å². The van der Waals surface area contributed by atoms with Crippen LogP contribution in [0.2, 0.25) is 0 Å². The van der Waals surface area contributed by atoms with E-state index < -0.39 is 0 Å². The number of fused-ring (bicyclic) bond motifs is 3. The van der Waals surface area contributed by atoms with Crippen LogP contribution >= 0.6 is 0 Å². The van der Waals surface area contributed by atoms with Crippen LogP contribution in [0.5, 0.6) is 5.75 Å². The summed E-state index contributed by atoms with van der Waals surface area (Å²) in [4.78, 5) is 0. The molecule has 0 saturated carbocycles. The van der Waals surface area contributed by atoms with Crippen LogP contribution in [0.3, 0.4) is 0 Å². The molecule has 0 aliphatic heterocycles. The third-order valence-electron chi connectivity index (χ3n) is 4.70. The van der Waals surface area contributed by atoms with Gasteiger partial charge in [-0.1, -0.05) is 29.1 Å². The fourth-order valence-electron chi connectivity index (χ4n) is 3.09. The molecule has 0 radical (unpaired) electrons. The topological polar surface area (TPSA) is 9.23 Å². The van der Waals surface area contributed by atoms with Crippen molar-refractivity contribution in [3.63, 3.8) is 0 Å². The highest BCUT2D eigenvalue weighted by molar-refractivity contribution is 6.67. The zero-order valence-electron chi connectivity index (χ0n) is 12.8. The molecule has 0 amide bonds. The summed E-state index contributed by atoms with van der Waals surface area (Å²) in [5.74, 6) is 0.917. The Morgan fingerprint density at radius 3 is 2.10 bits per heavy atom. The Kier molecular flexibility index (Phi) is 3.08. The first-order valence-corrected chi connectivity index (χ1v) is 7.01. The monoisotopic (exact) mass is 256 g/mol. The fourth-order valence-corrected chi connectivity index (χ4v) is 3.09. The molecule has 0 aromatic heterocycles. The summed E-state index contributed by atoms with van der Waals surface area (Å²) in [5, 5.41) is 5.27. The van der Waals surface area contributed by atoms with E-state index in [1.54, 1.807) is 7.11 Å². The summed E-state index contributed by atoms with van der Waals surface area (Å²) in [6.45, 7) is 0. The van der Waals surface area contributed by atoms with E-state index in [2.05, 4.69) is 55.7 Å². The fraction of sp³-hybridized carbons (Fsp3) is 0.0667. The summed E-state index contributed by atoms with van der Waals surface area (Å²) in [5.41, 5.74) is 5.55. The molecule has 0 saturated heterocycles. The lowest BCUT2D eigenvalue weighted by molar-refractivity contribution is 0.415. The lowest BCUT2D eigenvalue weighted by Crippen LogP contribution is -2.47. The minimum absolute atomic E-state index is 0.917. The average Bonchev–Trinajstić information content (AvgIpc) is 2.49. The highest BCUT2D eigenvalue weighted by atomic mass is 16.5. The predicted octanol–water partition coefficient (Wildman–Crippen LogP) is -2.96. The minimum Gasteiger partial charge on any atom is -0.497 e. The van der Waals surface area contributed by atoms with Crippen molar-refractivity contribution < 1.29 is 4.74 Å². The maximum absolute atomic E-state index is 5.40. The van der Waals surface area contributed by atoms with Crippen molar-refractivity contribution in [2.24, 2.45) is 0 Å². The van der Waals surface area contributed by atoms with Crippen LogP contribution in [0, 0.1) is 0 Å². The molecule has 0 heterocycles. The Balaban J connectivity index is 2.59. The molecule has 0 aliphatic carbocycles. The Hall–Kier alpha value is -1.76. The Bertz CT molecular complexity index is 843. The minimum atomic E-state index is 0.917. The average molecular weight is 256 g/mol. The normalized spacial score (nSPS) is 11.1. The number of hydrogen-bond acceptors (Lipinski definition) is 1. The smallest absolute Gasteiger partial charge is 0.139 e. The lowest BCUT2D eigenvalue weighted by Gasteiger charge is -2.17. The van der Waals surface area contributed by atoms with Crippen LogP contribution in [-0.2, 0) is 0 Å². The van der Waals surface area contributed by atoms with Gasteiger partial charge in [0.1, 0.15) is 37.1 Å². The van der Waals surface area contributed by atoms with E-state index in [0.717, 1.165) is 5.75 Å². The molecule has 0 N–H and O–H groups in total. The van der Waals surface area contributed by atoms with Gasteiger partial charge in [0, 0.05) is 0 Å². The standard InChI is InChI=1S/C15H16B4O/c1-20-8-4-2-7-3-5-9-11(10(7)6-8)13(17)15(19)14(18)12(9)16/h2-6H,16-19H2,1H3. The summed E-state index contributed by atoms with van der Waals surface area (Å²) in [6, 6.07) is 10.8. The van der Waals surface area contributed by atoms with E-state index in [9.17, 15) is 0 Å². The highest BCUT2D eigenvalue weighted by Crippen LogP contribution is 2.26. The largest absolute Gasteiger partial charge is 0.497 e. The maximum atomic E-state index is 5.40. The van der Waals surface area contributed by atoms with Crippen molar-refractivity contribution in [1.82, 2.24) is 0 Å². The van der Waals surface area contributed by atoms with Gasteiger partial charge in [-0.3, -0.25) is 0 Å². The van der Waals surface area contributed by atoms with E-state index >= 15 is 0 Å². The van der Waals surface area contributed by atoms with Gasteiger partial charge in [-0.15, -0.1) is 10.9 Å². The first-order chi connectivity index (χ1) is 9.54.